The molecule has 0 atom stereocenters. The Morgan fingerprint density at radius 1 is 0.571 bits per heavy atom. The molecule has 0 aliphatic heterocycles. The summed E-state index contributed by atoms with van der Waals surface area (Å²) in [6.45, 7) is 5.73. The monoisotopic (exact) mass is 1050 g/mol. The molecule has 0 aliphatic rings. The van der Waals surface area contributed by atoms with E-state index in [9.17, 15) is 36.7 Å². The molecule has 5 rings (SSSR count). The van der Waals surface area contributed by atoms with E-state index in [0.29, 0.717) is 10.6 Å². The predicted octanol–water partition coefficient (Wildman–Crippen LogP) is 14.2. The average Bonchev–Trinajstić information content (AvgIpc) is 3.21. The van der Waals surface area contributed by atoms with Crippen LogP contribution in [0.25, 0.3) is 0 Å². The molecule has 0 aromatic heterocycles. The minimum absolute atomic E-state index is 0. The first-order valence-electron chi connectivity index (χ1n) is 17.3. The zero-order valence-corrected chi connectivity index (χ0v) is 36.8. The Bertz CT molecular complexity index is 2130. The number of aromatic carboxylic acids is 1. The molecule has 0 bridgehead atoms. The molecule has 5 aromatic carbocycles. The number of hydrogen-bond acceptors (Lipinski definition) is 10. The van der Waals surface area contributed by atoms with Crippen molar-refractivity contribution >= 4 is 80.1 Å². The Labute approximate surface area is 394 Å². The molecule has 1 N–H and O–H groups in total. The van der Waals surface area contributed by atoms with Gasteiger partial charge in [0.05, 0.1) is 58.1 Å². The molecule has 63 heavy (non-hydrogen) atoms. The summed E-state index contributed by atoms with van der Waals surface area (Å²) < 4.78 is 73.3. The van der Waals surface area contributed by atoms with Crippen LogP contribution in [0.5, 0.6) is 5.75 Å². The molecule has 17 heteroatoms. The lowest BCUT2D eigenvalue weighted by atomic mass is 10.2. The first kappa shape index (κ1) is 62.5. The number of carboxylic acid groups (broad SMARTS) is 1. The van der Waals surface area contributed by atoms with E-state index in [4.69, 9.17) is 14.6 Å². The van der Waals surface area contributed by atoms with Gasteiger partial charge in [-0.05, 0) is 119 Å². The van der Waals surface area contributed by atoms with Crippen molar-refractivity contribution in [3.05, 3.63) is 157 Å². The molecular formula is C46H54Br2F4O9S2. The van der Waals surface area contributed by atoms with Gasteiger partial charge in [-0.1, -0.05) is 66.1 Å². The Morgan fingerprint density at radius 2 is 0.952 bits per heavy atom. The van der Waals surface area contributed by atoms with Crippen LogP contribution in [0.15, 0.2) is 116 Å². The maximum Gasteiger partial charge on any atom is 0.341 e. The summed E-state index contributed by atoms with van der Waals surface area (Å²) in [5.74, 6) is -4.28. The van der Waals surface area contributed by atoms with Gasteiger partial charge in [0.15, 0.2) is 23.3 Å². The predicted molar refractivity (Wildman–Crippen MR) is 253 cm³/mol. The van der Waals surface area contributed by atoms with Crippen LogP contribution in [-0.2, 0) is 20.0 Å². The van der Waals surface area contributed by atoms with Crippen molar-refractivity contribution in [2.45, 2.75) is 66.0 Å². The van der Waals surface area contributed by atoms with Crippen molar-refractivity contribution < 1.29 is 60.8 Å². The zero-order valence-electron chi connectivity index (χ0n) is 31.9. The SMILES string of the molecule is C.C.C.C.CCOC(=O)c1cccc(Br)c1F.CCOC(=O)c1cccc(S)c1F.CCOC(=O)c1cccc(SCc2ccc(OC)cc2)c1F.O=C(O)c1cccc(Br)c1F. The fourth-order valence-corrected chi connectivity index (χ4v) is 6.16. The number of rotatable bonds is 11. The number of benzene rings is 5. The van der Waals surface area contributed by atoms with Gasteiger partial charge in [-0.3, -0.25) is 0 Å². The number of methoxy groups -OCH3 is 1. The fraction of sp³-hybridized carbons (Fsp3) is 0.261. The third-order valence-electron chi connectivity index (χ3n) is 7.11. The van der Waals surface area contributed by atoms with E-state index in [2.05, 4.69) is 54.0 Å². The highest BCUT2D eigenvalue weighted by Gasteiger charge is 2.17. The van der Waals surface area contributed by atoms with Crippen molar-refractivity contribution in [1.82, 2.24) is 0 Å². The van der Waals surface area contributed by atoms with Crippen LogP contribution in [0.2, 0.25) is 0 Å². The van der Waals surface area contributed by atoms with Gasteiger partial charge < -0.3 is 24.1 Å². The molecule has 346 valence electrons. The molecule has 0 fully saturated rings. The van der Waals surface area contributed by atoms with Crippen LogP contribution in [-0.4, -0.2) is 55.9 Å². The Kier molecular flexibility index (Phi) is 32.5. The second-order valence-electron chi connectivity index (χ2n) is 11.1. The lowest BCUT2D eigenvalue weighted by Gasteiger charge is -2.08. The normalized spacial score (nSPS) is 9.32. The lowest BCUT2D eigenvalue weighted by Crippen LogP contribution is -2.07. The molecule has 0 amide bonds. The van der Waals surface area contributed by atoms with E-state index in [1.165, 1.54) is 60.3 Å². The van der Waals surface area contributed by atoms with E-state index in [0.717, 1.165) is 11.3 Å². The highest BCUT2D eigenvalue weighted by molar-refractivity contribution is 9.10. The van der Waals surface area contributed by atoms with Gasteiger partial charge in [0.2, 0.25) is 0 Å². The highest BCUT2D eigenvalue weighted by Crippen LogP contribution is 2.28. The molecule has 0 spiro atoms. The van der Waals surface area contributed by atoms with Gasteiger partial charge in [0.25, 0.3) is 0 Å². The smallest absolute Gasteiger partial charge is 0.341 e. The van der Waals surface area contributed by atoms with Crippen molar-refractivity contribution in [2.24, 2.45) is 0 Å². The Morgan fingerprint density at radius 3 is 1.37 bits per heavy atom. The number of hydrogen-bond donors (Lipinski definition) is 2. The maximum atomic E-state index is 14.3. The van der Waals surface area contributed by atoms with Crippen molar-refractivity contribution in [1.29, 1.82) is 0 Å². The van der Waals surface area contributed by atoms with Crippen LogP contribution in [0.1, 0.15) is 97.5 Å². The third kappa shape index (κ3) is 20.0. The second kappa shape index (κ2) is 32.8. The van der Waals surface area contributed by atoms with E-state index < -0.39 is 47.1 Å². The van der Waals surface area contributed by atoms with Crippen LogP contribution < -0.4 is 4.74 Å². The molecule has 0 aliphatic carbocycles. The topological polar surface area (TPSA) is 125 Å². The Balaban J connectivity index is -0.000000776. The summed E-state index contributed by atoms with van der Waals surface area (Å²) in [5.41, 5.74) is 0.582. The van der Waals surface area contributed by atoms with Gasteiger partial charge in [-0.2, -0.15) is 0 Å². The largest absolute Gasteiger partial charge is 0.497 e. The summed E-state index contributed by atoms with van der Waals surface area (Å²) >= 11 is 11.0. The zero-order chi connectivity index (χ0) is 44.1. The standard InChI is InChI=1S/C17H17FO3S.C9H8BrFO2.C9H9FO2S.C7H4BrFO2.4CH4/c1-3-21-17(19)14-5-4-6-15(16(14)18)22-11-12-7-9-13(20-2)10-8-12;1-2-13-9(12)6-4-3-5-7(10)8(6)11;1-2-12-9(11)6-4-3-5-7(13)8(6)10;8-5-3-1-2-4(6(5)9)7(10)11;;;;/h4-10H,3,11H2,1-2H3;3-5H,2H2,1H3;3-5,13H,2H2,1H3;1-3H,(H,10,11);4*1H4. The molecule has 0 unspecified atom stereocenters. The molecule has 5 aromatic rings. The minimum Gasteiger partial charge on any atom is -0.497 e. The molecule has 0 radical (unpaired) electrons. The number of carboxylic acids is 1. The van der Waals surface area contributed by atoms with Crippen molar-refractivity contribution in [2.75, 3.05) is 26.9 Å². The van der Waals surface area contributed by atoms with Gasteiger partial charge in [-0.15, -0.1) is 24.4 Å². The van der Waals surface area contributed by atoms with Crippen LogP contribution in [0.3, 0.4) is 0 Å². The summed E-state index contributed by atoms with van der Waals surface area (Å²) in [6.07, 6.45) is 0. The van der Waals surface area contributed by atoms with E-state index >= 15 is 0 Å². The maximum absolute atomic E-state index is 14.3. The quantitative estimate of drug-likeness (QED) is 0.0434. The average molecular weight is 1050 g/mol. The van der Waals surface area contributed by atoms with E-state index in [1.807, 2.05) is 24.3 Å². The number of ether oxygens (including phenoxy) is 4. The number of carbonyl (C=O) groups is 4. The third-order valence-corrected chi connectivity index (χ3v) is 9.79. The first-order valence-corrected chi connectivity index (χ1v) is 20.3. The number of carbonyl (C=O) groups excluding carboxylic acids is 3. The molecule has 9 nitrogen and oxygen atoms in total. The number of halogens is 6. The molecular weight excluding hydrogens is 996 g/mol. The Hall–Kier alpha value is -4.84. The number of thioether (sulfide) groups is 1. The number of thiol groups is 1. The van der Waals surface area contributed by atoms with Crippen LogP contribution >= 0.6 is 56.3 Å². The van der Waals surface area contributed by atoms with Crippen molar-refractivity contribution in [3.63, 3.8) is 0 Å². The van der Waals surface area contributed by atoms with E-state index in [-0.39, 0.29) is 85.6 Å². The van der Waals surface area contributed by atoms with Gasteiger partial charge >= 0.3 is 23.9 Å². The fourth-order valence-electron chi connectivity index (χ4n) is 4.30. The first-order chi connectivity index (χ1) is 28.1. The summed E-state index contributed by atoms with van der Waals surface area (Å²) in [5, 5.41) is 8.43. The summed E-state index contributed by atoms with van der Waals surface area (Å²) in [7, 11) is 1.61. The van der Waals surface area contributed by atoms with E-state index in [1.54, 1.807) is 52.1 Å². The van der Waals surface area contributed by atoms with Crippen LogP contribution in [0.4, 0.5) is 17.6 Å². The highest BCUT2D eigenvalue weighted by atomic mass is 79.9. The molecule has 0 saturated carbocycles. The molecule has 0 saturated heterocycles. The summed E-state index contributed by atoms with van der Waals surface area (Å²) in [4.78, 5) is 44.8. The minimum atomic E-state index is -1.26. The van der Waals surface area contributed by atoms with Crippen LogP contribution in [0, 0.1) is 23.3 Å². The molecule has 0 heterocycles. The number of esters is 3. The van der Waals surface area contributed by atoms with Gasteiger partial charge in [0, 0.05) is 15.5 Å². The summed E-state index contributed by atoms with van der Waals surface area (Å²) in [6, 6.07) is 25.4. The lowest BCUT2D eigenvalue weighted by molar-refractivity contribution is 0.0510. The second-order valence-corrected chi connectivity index (χ2v) is 14.3. The van der Waals surface area contributed by atoms with Gasteiger partial charge in [0.1, 0.15) is 5.75 Å². The van der Waals surface area contributed by atoms with Gasteiger partial charge in [-0.25, -0.2) is 36.7 Å². The van der Waals surface area contributed by atoms with Crippen molar-refractivity contribution in [3.8, 4) is 5.75 Å².